The SMILES string of the molecule is C/C(=N\NC(=O)c1c[nH]c2ccccc12)c1ccc(NC(=O)c2ccco2)cc1. The summed E-state index contributed by atoms with van der Waals surface area (Å²) in [5.41, 5.74) is 6.11. The second-order valence-electron chi connectivity index (χ2n) is 6.39. The van der Waals surface area contributed by atoms with Crippen molar-refractivity contribution in [1.82, 2.24) is 10.4 Å². The predicted molar refractivity (Wildman–Crippen MR) is 111 cm³/mol. The number of carbonyl (C=O) groups is 2. The van der Waals surface area contributed by atoms with Crippen molar-refractivity contribution in [3.05, 3.63) is 90.0 Å². The topological polar surface area (TPSA) is 99.5 Å². The minimum atomic E-state index is -0.320. The molecule has 2 amide bonds. The number of aromatic nitrogens is 1. The normalized spacial score (nSPS) is 11.4. The molecule has 0 bridgehead atoms. The van der Waals surface area contributed by atoms with Gasteiger partial charge >= 0.3 is 0 Å². The van der Waals surface area contributed by atoms with E-state index in [0.29, 0.717) is 17.0 Å². The second-order valence-corrected chi connectivity index (χ2v) is 6.39. The van der Waals surface area contributed by atoms with E-state index in [1.807, 2.05) is 36.4 Å². The molecule has 4 rings (SSSR count). The summed E-state index contributed by atoms with van der Waals surface area (Å²) in [5, 5.41) is 7.78. The quantitative estimate of drug-likeness (QED) is 0.355. The molecule has 7 nitrogen and oxygen atoms in total. The summed E-state index contributed by atoms with van der Waals surface area (Å²) >= 11 is 0. The van der Waals surface area contributed by atoms with Gasteiger partial charge < -0.3 is 14.7 Å². The molecule has 144 valence electrons. The summed E-state index contributed by atoms with van der Waals surface area (Å²) in [7, 11) is 0. The zero-order chi connectivity index (χ0) is 20.2. The number of aromatic amines is 1. The highest BCUT2D eigenvalue weighted by molar-refractivity contribution is 6.08. The number of nitrogens with zero attached hydrogens (tertiary/aromatic N) is 1. The largest absolute Gasteiger partial charge is 0.459 e. The number of hydrogen-bond acceptors (Lipinski definition) is 4. The molecular weight excluding hydrogens is 368 g/mol. The Kier molecular flexibility index (Phi) is 4.94. The van der Waals surface area contributed by atoms with E-state index < -0.39 is 0 Å². The van der Waals surface area contributed by atoms with E-state index in [-0.39, 0.29) is 17.6 Å². The molecule has 0 radical (unpaired) electrons. The van der Waals surface area contributed by atoms with Gasteiger partial charge in [-0.1, -0.05) is 30.3 Å². The van der Waals surface area contributed by atoms with E-state index in [2.05, 4.69) is 20.8 Å². The Bertz CT molecular complexity index is 1190. The summed E-state index contributed by atoms with van der Waals surface area (Å²) in [6.45, 7) is 1.80. The average Bonchev–Trinajstić information content (AvgIpc) is 3.42. The van der Waals surface area contributed by atoms with Gasteiger partial charge in [0.25, 0.3) is 11.8 Å². The number of carbonyl (C=O) groups excluding carboxylic acids is 2. The highest BCUT2D eigenvalue weighted by atomic mass is 16.3. The van der Waals surface area contributed by atoms with Gasteiger partial charge in [-0.15, -0.1) is 0 Å². The Labute approximate surface area is 166 Å². The Morgan fingerprint density at radius 3 is 2.52 bits per heavy atom. The highest BCUT2D eigenvalue weighted by Gasteiger charge is 2.11. The van der Waals surface area contributed by atoms with Crippen LogP contribution in [0.2, 0.25) is 0 Å². The lowest BCUT2D eigenvalue weighted by molar-refractivity contribution is 0.0955. The standard InChI is InChI=1S/C22H18N4O3/c1-14(25-26-21(27)18-13-23-19-6-3-2-5-17(18)19)15-8-10-16(11-9-15)24-22(28)20-7-4-12-29-20/h2-13,23H,1H3,(H,24,28)(H,26,27)/b25-14+. The second kappa shape index (κ2) is 7.85. The maximum absolute atomic E-state index is 12.4. The van der Waals surface area contributed by atoms with Gasteiger partial charge in [-0.05, 0) is 42.8 Å². The fourth-order valence-electron chi connectivity index (χ4n) is 2.91. The monoisotopic (exact) mass is 386 g/mol. The van der Waals surface area contributed by atoms with Crippen LogP contribution in [0, 0.1) is 0 Å². The lowest BCUT2D eigenvalue weighted by Gasteiger charge is -2.06. The molecule has 0 unspecified atom stereocenters. The van der Waals surface area contributed by atoms with E-state index in [1.165, 1.54) is 6.26 Å². The molecule has 0 aliphatic rings. The number of fused-ring (bicyclic) bond motifs is 1. The third-order valence-electron chi connectivity index (χ3n) is 4.46. The van der Waals surface area contributed by atoms with Gasteiger partial charge in [0.1, 0.15) is 0 Å². The van der Waals surface area contributed by atoms with Gasteiger partial charge in [-0.3, -0.25) is 9.59 Å². The summed E-state index contributed by atoms with van der Waals surface area (Å²) in [6.07, 6.45) is 3.11. The van der Waals surface area contributed by atoms with Crippen molar-refractivity contribution in [3.63, 3.8) is 0 Å². The number of anilines is 1. The van der Waals surface area contributed by atoms with Crippen LogP contribution in [-0.2, 0) is 0 Å². The van der Waals surface area contributed by atoms with Crippen LogP contribution in [0.3, 0.4) is 0 Å². The van der Waals surface area contributed by atoms with Gasteiger partial charge in [-0.2, -0.15) is 5.10 Å². The fraction of sp³-hybridized carbons (Fsp3) is 0.0455. The molecule has 2 aromatic heterocycles. The number of nitrogens with one attached hydrogen (secondary N) is 3. The average molecular weight is 386 g/mol. The Morgan fingerprint density at radius 1 is 0.966 bits per heavy atom. The maximum Gasteiger partial charge on any atom is 0.291 e. The summed E-state index contributed by atoms with van der Waals surface area (Å²) in [5.74, 6) is -0.366. The van der Waals surface area contributed by atoms with Crippen LogP contribution in [0.5, 0.6) is 0 Å². The number of para-hydroxylation sites is 1. The predicted octanol–water partition coefficient (Wildman–Crippen LogP) is 4.17. The molecule has 0 spiro atoms. The molecule has 0 aliphatic carbocycles. The van der Waals surface area contributed by atoms with Crippen LogP contribution >= 0.6 is 0 Å². The van der Waals surface area contributed by atoms with Gasteiger partial charge in [0, 0.05) is 22.8 Å². The number of benzene rings is 2. The van der Waals surface area contributed by atoms with Gasteiger partial charge in [0.05, 0.1) is 17.5 Å². The van der Waals surface area contributed by atoms with Crippen molar-refractivity contribution in [2.45, 2.75) is 6.92 Å². The zero-order valence-electron chi connectivity index (χ0n) is 15.6. The number of hydrogen-bond donors (Lipinski definition) is 3. The molecule has 2 aromatic carbocycles. The molecule has 0 atom stereocenters. The van der Waals surface area contributed by atoms with Crippen molar-refractivity contribution in [2.75, 3.05) is 5.32 Å². The maximum atomic E-state index is 12.4. The molecule has 4 aromatic rings. The van der Waals surface area contributed by atoms with Crippen LogP contribution in [0.15, 0.2) is 82.6 Å². The smallest absolute Gasteiger partial charge is 0.291 e. The highest BCUT2D eigenvalue weighted by Crippen LogP contribution is 2.17. The van der Waals surface area contributed by atoms with Crippen LogP contribution in [0.4, 0.5) is 5.69 Å². The Balaban J connectivity index is 1.42. The van der Waals surface area contributed by atoms with Crippen molar-refractivity contribution in [3.8, 4) is 0 Å². The van der Waals surface area contributed by atoms with E-state index in [4.69, 9.17) is 4.42 Å². The molecule has 3 N–H and O–H groups in total. The fourth-order valence-corrected chi connectivity index (χ4v) is 2.91. The van der Waals surface area contributed by atoms with Crippen LogP contribution < -0.4 is 10.7 Å². The summed E-state index contributed by atoms with van der Waals surface area (Å²) < 4.78 is 5.07. The lowest BCUT2D eigenvalue weighted by Crippen LogP contribution is -2.19. The number of hydrazone groups is 1. The molecule has 7 heteroatoms. The number of rotatable bonds is 5. The van der Waals surface area contributed by atoms with Crippen molar-refractivity contribution < 1.29 is 14.0 Å². The third kappa shape index (κ3) is 3.93. The van der Waals surface area contributed by atoms with E-state index in [1.54, 1.807) is 37.4 Å². The van der Waals surface area contributed by atoms with E-state index in [0.717, 1.165) is 16.5 Å². The molecule has 0 saturated heterocycles. The van der Waals surface area contributed by atoms with Crippen LogP contribution in [0.25, 0.3) is 10.9 Å². The van der Waals surface area contributed by atoms with Gasteiger partial charge in [0.2, 0.25) is 0 Å². The molecule has 29 heavy (non-hydrogen) atoms. The number of amides is 2. The first-order valence-electron chi connectivity index (χ1n) is 8.98. The van der Waals surface area contributed by atoms with Crippen molar-refractivity contribution in [2.24, 2.45) is 5.10 Å². The molecule has 0 fully saturated rings. The zero-order valence-corrected chi connectivity index (χ0v) is 15.6. The molecular formula is C22H18N4O3. The first-order valence-corrected chi connectivity index (χ1v) is 8.98. The van der Waals surface area contributed by atoms with E-state index >= 15 is 0 Å². The van der Waals surface area contributed by atoms with Gasteiger partial charge in [0.15, 0.2) is 5.76 Å². The van der Waals surface area contributed by atoms with Crippen molar-refractivity contribution in [1.29, 1.82) is 0 Å². The molecule has 0 saturated carbocycles. The minimum Gasteiger partial charge on any atom is -0.459 e. The van der Waals surface area contributed by atoms with Gasteiger partial charge in [-0.25, -0.2) is 5.43 Å². The summed E-state index contributed by atoms with van der Waals surface area (Å²) in [4.78, 5) is 27.5. The Morgan fingerprint density at radius 2 is 1.76 bits per heavy atom. The van der Waals surface area contributed by atoms with Crippen LogP contribution in [0.1, 0.15) is 33.4 Å². The minimum absolute atomic E-state index is 0.242. The van der Waals surface area contributed by atoms with E-state index in [9.17, 15) is 9.59 Å². The first kappa shape index (κ1) is 18.2. The third-order valence-corrected chi connectivity index (χ3v) is 4.46. The molecule has 0 aliphatic heterocycles. The van der Waals surface area contributed by atoms with Crippen LogP contribution in [-0.4, -0.2) is 22.5 Å². The lowest BCUT2D eigenvalue weighted by atomic mass is 10.1. The number of furan rings is 1. The first-order chi connectivity index (χ1) is 14.1. The summed E-state index contributed by atoms with van der Waals surface area (Å²) in [6, 6.07) is 18.0. The number of H-pyrrole nitrogens is 1. The Hall–Kier alpha value is -4.13. The molecule has 2 heterocycles. The van der Waals surface area contributed by atoms with Crippen molar-refractivity contribution >= 4 is 34.1 Å².